The van der Waals surface area contributed by atoms with E-state index in [9.17, 15) is 4.79 Å². The largest absolute Gasteiger partial charge is 0.463 e. The molecule has 1 unspecified atom stereocenters. The number of ether oxygens (including phenoxy) is 1. The van der Waals surface area contributed by atoms with Crippen molar-refractivity contribution in [1.82, 2.24) is 0 Å². The summed E-state index contributed by atoms with van der Waals surface area (Å²) in [5, 5.41) is 0. The molecule has 6 heteroatoms. The van der Waals surface area contributed by atoms with Gasteiger partial charge in [0.15, 0.2) is 0 Å². The Labute approximate surface area is 183 Å². The normalized spacial score (nSPS) is 12.6. The van der Waals surface area contributed by atoms with Crippen LogP contribution in [0.25, 0.3) is 0 Å². The Morgan fingerprint density at radius 3 is 1.93 bits per heavy atom. The van der Waals surface area contributed by atoms with E-state index < -0.39 is 0 Å². The van der Waals surface area contributed by atoms with E-state index in [-0.39, 0.29) is 18.7 Å². The van der Waals surface area contributed by atoms with E-state index in [4.69, 9.17) is 12.4 Å². The number of carbonyl (C=O) groups excluding carboxylic acids is 1. The standard InChI is InChI=1S/C21H38Br2O4/c1-2-3-4-5-6-7-8-9-10-11-12-13-14-15-16-17-21(24)25-18-20(27-23)19-26-22/h9-10,20H,2-8,11-19H2,1H3/b10-9-. The third-order valence-electron chi connectivity index (χ3n) is 4.45. The van der Waals surface area contributed by atoms with Gasteiger partial charge >= 0.3 is 5.97 Å². The Hall–Kier alpha value is 0.0900. The highest BCUT2D eigenvalue weighted by Gasteiger charge is 2.12. The molecule has 0 aromatic heterocycles. The summed E-state index contributed by atoms with van der Waals surface area (Å²) in [4.78, 5) is 11.6. The van der Waals surface area contributed by atoms with Crippen LogP contribution in [0.3, 0.4) is 0 Å². The first-order valence-corrected chi connectivity index (χ1v) is 11.9. The zero-order valence-electron chi connectivity index (χ0n) is 16.9. The maximum absolute atomic E-state index is 11.6. The Kier molecular flexibility index (Phi) is 22.5. The summed E-state index contributed by atoms with van der Waals surface area (Å²) in [5.41, 5.74) is 0. The first-order chi connectivity index (χ1) is 13.2. The number of esters is 1. The molecule has 0 spiro atoms. The van der Waals surface area contributed by atoms with E-state index >= 15 is 0 Å². The lowest BCUT2D eigenvalue weighted by molar-refractivity contribution is -0.146. The molecule has 0 N–H and O–H groups in total. The summed E-state index contributed by atoms with van der Waals surface area (Å²) in [7, 11) is 0. The molecule has 0 amide bonds. The molecule has 0 aliphatic rings. The van der Waals surface area contributed by atoms with E-state index in [1.165, 1.54) is 70.6 Å². The third-order valence-corrected chi connectivity index (χ3v) is 5.24. The minimum absolute atomic E-state index is 0.170. The van der Waals surface area contributed by atoms with Gasteiger partial charge in [-0.2, -0.15) is 0 Å². The number of rotatable bonds is 20. The van der Waals surface area contributed by atoms with E-state index in [0.717, 1.165) is 12.8 Å². The second-order valence-electron chi connectivity index (χ2n) is 7.00. The van der Waals surface area contributed by atoms with Crippen molar-refractivity contribution in [2.75, 3.05) is 13.2 Å². The maximum Gasteiger partial charge on any atom is 0.305 e. The molecular formula is C21H38Br2O4. The Balaban J connectivity index is 3.32. The molecule has 1 atom stereocenters. The van der Waals surface area contributed by atoms with Crippen LogP contribution in [0.4, 0.5) is 0 Å². The fourth-order valence-electron chi connectivity index (χ4n) is 2.77. The van der Waals surface area contributed by atoms with Gasteiger partial charge in [0.2, 0.25) is 0 Å². The van der Waals surface area contributed by atoms with E-state index in [1.807, 2.05) is 0 Å². The lowest BCUT2D eigenvalue weighted by Gasteiger charge is -2.12. The van der Waals surface area contributed by atoms with Gasteiger partial charge in [-0.25, -0.2) is 0 Å². The topological polar surface area (TPSA) is 44.8 Å². The number of halogens is 2. The molecule has 160 valence electrons. The summed E-state index contributed by atoms with van der Waals surface area (Å²) in [6.07, 6.45) is 21.1. The molecule has 4 nitrogen and oxygen atoms in total. The highest BCUT2D eigenvalue weighted by Crippen LogP contribution is 2.10. The van der Waals surface area contributed by atoms with Crippen LogP contribution >= 0.6 is 32.5 Å². The SMILES string of the molecule is CCCCCCCC/C=C\CCCCCCCC(=O)OCC(COBr)OBr. The van der Waals surface area contributed by atoms with Crippen molar-refractivity contribution in [2.24, 2.45) is 0 Å². The molecule has 27 heavy (non-hydrogen) atoms. The van der Waals surface area contributed by atoms with Crippen molar-refractivity contribution >= 4 is 38.5 Å². The second kappa shape index (κ2) is 22.4. The highest BCUT2D eigenvalue weighted by molar-refractivity contribution is 9.06. The van der Waals surface area contributed by atoms with Crippen molar-refractivity contribution < 1.29 is 17.2 Å². The number of hydrogen-bond acceptors (Lipinski definition) is 4. The third kappa shape index (κ3) is 20.6. The highest BCUT2D eigenvalue weighted by atomic mass is 79.9. The molecule has 0 bridgehead atoms. The lowest BCUT2D eigenvalue weighted by atomic mass is 10.1. The predicted molar refractivity (Wildman–Crippen MR) is 119 cm³/mol. The molecule has 0 saturated carbocycles. The van der Waals surface area contributed by atoms with Gasteiger partial charge < -0.3 is 8.57 Å². The van der Waals surface area contributed by atoms with Gasteiger partial charge in [-0.3, -0.25) is 8.62 Å². The fourth-order valence-corrected chi connectivity index (χ4v) is 3.28. The molecular weight excluding hydrogens is 476 g/mol. The maximum atomic E-state index is 11.6. The molecule has 0 radical (unpaired) electrons. The van der Waals surface area contributed by atoms with Crippen molar-refractivity contribution in [1.29, 1.82) is 0 Å². The number of hydrogen-bond donors (Lipinski definition) is 0. The zero-order chi connectivity index (χ0) is 20.0. The summed E-state index contributed by atoms with van der Waals surface area (Å²) < 4.78 is 14.9. The Bertz CT molecular complexity index is 351. The van der Waals surface area contributed by atoms with Crippen LogP contribution in [0.1, 0.15) is 96.8 Å². The Morgan fingerprint density at radius 2 is 1.37 bits per heavy atom. The quantitative estimate of drug-likeness (QED) is 0.0954. The lowest BCUT2D eigenvalue weighted by Crippen LogP contribution is -2.23. The van der Waals surface area contributed by atoms with Crippen LogP contribution in [-0.4, -0.2) is 25.3 Å². The van der Waals surface area contributed by atoms with Gasteiger partial charge in [0.25, 0.3) is 0 Å². The fraction of sp³-hybridized carbons (Fsp3) is 0.857. The zero-order valence-corrected chi connectivity index (χ0v) is 20.1. The number of carbonyl (C=O) groups is 1. The first-order valence-electron chi connectivity index (χ1n) is 10.6. The molecule has 0 heterocycles. The van der Waals surface area contributed by atoms with Crippen LogP contribution < -0.4 is 0 Å². The minimum Gasteiger partial charge on any atom is -0.463 e. The summed E-state index contributed by atoms with van der Waals surface area (Å²) in [5.74, 6) is -0.170. The molecule has 0 fully saturated rings. The van der Waals surface area contributed by atoms with E-state index in [1.54, 1.807) is 0 Å². The van der Waals surface area contributed by atoms with Gasteiger partial charge in [0.1, 0.15) is 12.7 Å². The van der Waals surface area contributed by atoms with Crippen LogP contribution in [0.5, 0.6) is 0 Å². The minimum atomic E-state index is -0.303. The van der Waals surface area contributed by atoms with Crippen molar-refractivity contribution in [3.05, 3.63) is 12.2 Å². The summed E-state index contributed by atoms with van der Waals surface area (Å²) in [6, 6.07) is 0. The van der Waals surface area contributed by atoms with Crippen LogP contribution in [-0.2, 0) is 17.2 Å². The van der Waals surface area contributed by atoms with E-state index in [2.05, 4.69) is 51.6 Å². The van der Waals surface area contributed by atoms with E-state index in [0.29, 0.717) is 13.0 Å². The van der Waals surface area contributed by atoms with Gasteiger partial charge in [-0.1, -0.05) is 70.4 Å². The molecule has 0 aromatic rings. The average Bonchev–Trinajstić information content (AvgIpc) is 2.68. The second-order valence-corrected chi connectivity index (χ2v) is 7.84. The van der Waals surface area contributed by atoms with Crippen molar-refractivity contribution in [3.8, 4) is 0 Å². The Morgan fingerprint density at radius 1 is 0.815 bits per heavy atom. The summed E-state index contributed by atoms with van der Waals surface area (Å²) >= 11 is 5.75. The first kappa shape index (κ1) is 27.1. The monoisotopic (exact) mass is 512 g/mol. The number of unbranched alkanes of at least 4 members (excludes halogenated alkanes) is 11. The van der Waals surface area contributed by atoms with Crippen LogP contribution in [0, 0.1) is 0 Å². The van der Waals surface area contributed by atoms with Gasteiger partial charge in [0, 0.05) is 6.42 Å². The average molecular weight is 514 g/mol. The molecule has 0 aliphatic carbocycles. The van der Waals surface area contributed by atoms with Crippen molar-refractivity contribution in [3.63, 3.8) is 0 Å². The van der Waals surface area contributed by atoms with Crippen LogP contribution in [0.2, 0.25) is 0 Å². The van der Waals surface area contributed by atoms with Crippen molar-refractivity contribution in [2.45, 2.75) is 103 Å². The smallest absolute Gasteiger partial charge is 0.305 e. The molecule has 0 saturated heterocycles. The molecule has 0 rings (SSSR count). The number of allylic oxidation sites excluding steroid dienone is 2. The van der Waals surface area contributed by atoms with Gasteiger partial charge in [0.05, 0.1) is 39.1 Å². The summed E-state index contributed by atoms with van der Waals surface area (Å²) in [6.45, 7) is 2.77. The predicted octanol–water partition coefficient (Wildman–Crippen LogP) is 7.59. The van der Waals surface area contributed by atoms with Crippen LogP contribution in [0.15, 0.2) is 12.2 Å². The van der Waals surface area contributed by atoms with Gasteiger partial charge in [-0.05, 0) is 32.1 Å². The molecule has 0 aromatic carbocycles. The molecule has 0 aliphatic heterocycles. The van der Waals surface area contributed by atoms with Gasteiger partial charge in [-0.15, -0.1) is 0 Å².